The molecule has 0 amide bonds. The maximum atomic E-state index is 13.1. The lowest BCUT2D eigenvalue weighted by Crippen LogP contribution is -2.66. The number of ketones is 1. The highest BCUT2D eigenvalue weighted by Crippen LogP contribution is 2.36. The Balaban J connectivity index is 2.43. The molecule has 0 bridgehead atoms. The molecule has 2 heterocycles. The normalized spacial score (nSPS) is 25.4. The summed E-state index contributed by atoms with van der Waals surface area (Å²) in [4.78, 5) is 102. The van der Waals surface area contributed by atoms with Gasteiger partial charge in [-0.05, 0) is 37.0 Å². The van der Waals surface area contributed by atoms with E-state index in [1.807, 2.05) is 0 Å². The Morgan fingerprint density at radius 3 is 1.60 bits per heavy atom. The lowest BCUT2D eigenvalue weighted by molar-refractivity contribution is -0.374. The van der Waals surface area contributed by atoms with Gasteiger partial charge in [-0.25, -0.2) is 0 Å². The van der Waals surface area contributed by atoms with Gasteiger partial charge in [0.2, 0.25) is 12.6 Å². The summed E-state index contributed by atoms with van der Waals surface area (Å²) < 4.78 is 67.8. The van der Waals surface area contributed by atoms with Gasteiger partial charge in [0.05, 0.1) is 19.8 Å². The molecule has 0 radical (unpaired) electrons. The second-order valence-corrected chi connectivity index (χ2v) is 15.8. The molecule has 0 aliphatic carbocycles. The Labute approximate surface area is 380 Å². The SMILES string of the molecule is CC(=O)OC[C@H]1O[C@H](O[C@H]2O[C@H](CSCCCC(CCCCO)C(=O)COCCOCCN=[N+]=[N-])[C@@H](OC(C)=O)[C@H](OC(C)=O)[C@H]2OC(C)=O)[C@H](OC(C)=O)[C@@H](OC(C)=O)[C@@H]1OC(C)=O. The van der Waals surface area contributed by atoms with Crippen molar-refractivity contribution in [2.75, 3.05) is 57.7 Å². The van der Waals surface area contributed by atoms with Crippen LogP contribution in [0.15, 0.2) is 5.11 Å². The van der Waals surface area contributed by atoms with E-state index in [0.29, 0.717) is 37.9 Å². The zero-order valence-electron chi connectivity index (χ0n) is 37.6. The predicted molar refractivity (Wildman–Crippen MR) is 220 cm³/mol. The number of nitrogens with zero attached hydrogens (tertiary/aromatic N) is 3. The monoisotopic (exact) mass is 951 g/mol. The number of carbonyl (C=O) groups excluding carboxylic acids is 8. The van der Waals surface area contributed by atoms with Crippen molar-refractivity contribution in [3.8, 4) is 0 Å². The van der Waals surface area contributed by atoms with Crippen LogP contribution in [0.5, 0.6) is 0 Å². The molecule has 0 saturated carbocycles. The van der Waals surface area contributed by atoms with Crippen LogP contribution in [0.3, 0.4) is 0 Å². The van der Waals surface area contributed by atoms with Gasteiger partial charge in [0.15, 0.2) is 42.4 Å². The fourth-order valence-electron chi connectivity index (χ4n) is 6.79. The van der Waals surface area contributed by atoms with Crippen molar-refractivity contribution in [2.45, 2.75) is 142 Å². The number of ether oxygens (including phenoxy) is 12. The number of aliphatic hydroxyl groups excluding tert-OH is 1. The number of hydrogen-bond acceptors (Lipinski definition) is 23. The maximum absolute atomic E-state index is 13.1. The minimum atomic E-state index is -1.82. The molecule has 25 heteroatoms. The Hall–Kier alpha value is -4.62. The molecule has 1 unspecified atom stereocenters. The highest BCUT2D eigenvalue weighted by atomic mass is 32.2. The minimum Gasteiger partial charge on any atom is -0.463 e. The Morgan fingerprint density at radius 2 is 1.09 bits per heavy atom. The fourth-order valence-corrected chi connectivity index (χ4v) is 7.83. The maximum Gasteiger partial charge on any atom is 0.303 e. The van der Waals surface area contributed by atoms with Gasteiger partial charge >= 0.3 is 41.8 Å². The Bertz CT molecular complexity index is 1630. The third-order valence-corrected chi connectivity index (χ3v) is 10.4. The van der Waals surface area contributed by atoms with Crippen molar-refractivity contribution in [2.24, 2.45) is 11.0 Å². The van der Waals surface area contributed by atoms with E-state index in [9.17, 15) is 43.5 Å². The van der Waals surface area contributed by atoms with Gasteiger partial charge in [-0.1, -0.05) is 11.5 Å². The van der Waals surface area contributed by atoms with Crippen molar-refractivity contribution < 1.29 is 100 Å². The van der Waals surface area contributed by atoms with E-state index >= 15 is 0 Å². The molecule has 1 N–H and O–H groups in total. The average Bonchev–Trinajstić information content (AvgIpc) is 3.20. The second kappa shape index (κ2) is 30.6. The molecular formula is C40H61N3O21S. The van der Waals surface area contributed by atoms with Crippen LogP contribution in [-0.4, -0.2) is 172 Å². The van der Waals surface area contributed by atoms with E-state index in [2.05, 4.69) is 10.0 Å². The van der Waals surface area contributed by atoms with Crippen LogP contribution >= 0.6 is 11.8 Å². The highest BCUT2D eigenvalue weighted by Gasteiger charge is 2.57. The van der Waals surface area contributed by atoms with Gasteiger partial charge in [0.1, 0.15) is 25.4 Å². The third-order valence-electron chi connectivity index (χ3n) is 9.27. The lowest BCUT2D eigenvalue weighted by Gasteiger charge is -2.48. The standard InChI is InChI=1S/C40H61N3O21S/c1-22(45)55-20-31-33(56-23(2)46)35(58-25(4)48)37(60-27(6)50)39(62-31)64-40-38(61-28(7)51)36(59-26(5)49)34(57-24(3)47)32(63-40)21-65-18-10-12-29(11-8-9-14-44)30(52)19-54-17-16-53-15-13-42-43-41/h29,31-40,44H,8-21H2,1-7H3/t29?,31-,32-,33-,34-,35+,36+,37-,38-,39-,40-/m1/s1. The van der Waals surface area contributed by atoms with E-state index in [0.717, 1.165) is 48.5 Å². The minimum absolute atomic E-state index is 0.0313. The molecule has 2 aliphatic heterocycles. The number of carbonyl (C=O) groups is 8. The summed E-state index contributed by atoms with van der Waals surface area (Å²) in [6, 6.07) is 0. The van der Waals surface area contributed by atoms with Crippen LogP contribution in [0.2, 0.25) is 0 Å². The smallest absolute Gasteiger partial charge is 0.303 e. The van der Waals surface area contributed by atoms with Gasteiger partial charge in [0, 0.05) is 78.2 Å². The van der Waals surface area contributed by atoms with Crippen LogP contribution in [-0.2, 0) is 95.2 Å². The van der Waals surface area contributed by atoms with Gasteiger partial charge < -0.3 is 61.9 Å². The summed E-state index contributed by atoms with van der Waals surface area (Å²) in [6.45, 7) is 7.37. The van der Waals surface area contributed by atoms with E-state index in [-0.39, 0.29) is 57.0 Å². The van der Waals surface area contributed by atoms with E-state index in [1.54, 1.807) is 0 Å². The van der Waals surface area contributed by atoms with Crippen LogP contribution < -0.4 is 0 Å². The second-order valence-electron chi connectivity index (χ2n) is 14.7. The molecule has 11 atom stereocenters. The number of Topliss-reactive ketones (excluding diaryl/α,β-unsaturated/α-hetero) is 1. The quantitative estimate of drug-likeness (QED) is 0.0279. The summed E-state index contributed by atoms with van der Waals surface area (Å²) in [6.07, 6.45) is -13.1. The van der Waals surface area contributed by atoms with E-state index < -0.39 is 110 Å². The number of aliphatic hydroxyl groups is 1. The first-order valence-corrected chi connectivity index (χ1v) is 22.0. The van der Waals surface area contributed by atoms with Crippen molar-refractivity contribution in [1.82, 2.24) is 0 Å². The van der Waals surface area contributed by atoms with Gasteiger partial charge in [-0.2, -0.15) is 11.8 Å². The molecule has 65 heavy (non-hydrogen) atoms. The van der Waals surface area contributed by atoms with Crippen LogP contribution in [0.4, 0.5) is 0 Å². The highest BCUT2D eigenvalue weighted by molar-refractivity contribution is 7.99. The summed E-state index contributed by atoms with van der Waals surface area (Å²) >= 11 is 1.32. The molecule has 368 valence electrons. The molecular weight excluding hydrogens is 891 g/mol. The predicted octanol–water partition coefficient (Wildman–Crippen LogP) is 1.81. The number of esters is 7. The molecule has 0 aromatic rings. The van der Waals surface area contributed by atoms with Gasteiger partial charge in [-0.15, -0.1) is 0 Å². The molecule has 2 saturated heterocycles. The molecule has 2 aliphatic rings. The third kappa shape index (κ3) is 21.5. The fraction of sp³-hybridized carbons (Fsp3) is 0.800. The molecule has 0 aromatic heterocycles. The first-order chi connectivity index (χ1) is 30.9. The van der Waals surface area contributed by atoms with Crippen LogP contribution in [0.25, 0.3) is 10.4 Å². The lowest BCUT2D eigenvalue weighted by atomic mass is 9.93. The van der Waals surface area contributed by atoms with E-state index in [1.165, 1.54) is 11.8 Å². The van der Waals surface area contributed by atoms with E-state index in [4.69, 9.17) is 62.4 Å². The molecule has 2 fully saturated rings. The molecule has 0 aromatic carbocycles. The van der Waals surface area contributed by atoms with Gasteiger partial charge in [-0.3, -0.25) is 38.4 Å². The molecule has 24 nitrogen and oxygen atoms in total. The summed E-state index contributed by atoms with van der Waals surface area (Å²) in [5, 5.41) is 12.7. The summed E-state index contributed by atoms with van der Waals surface area (Å²) in [7, 11) is 0. The van der Waals surface area contributed by atoms with Crippen LogP contribution in [0.1, 0.15) is 80.6 Å². The number of hydrogen-bond donors (Lipinski definition) is 1. The zero-order chi connectivity index (χ0) is 48.5. The first kappa shape index (κ1) is 56.5. The first-order valence-electron chi connectivity index (χ1n) is 20.9. The van der Waals surface area contributed by atoms with Gasteiger partial charge in [0.25, 0.3) is 0 Å². The van der Waals surface area contributed by atoms with Crippen molar-refractivity contribution in [3.05, 3.63) is 10.4 Å². The Kier molecular flexibility index (Phi) is 26.6. The van der Waals surface area contributed by atoms with Crippen LogP contribution in [0, 0.1) is 5.92 Å². The van der Waals surface area contributed by atoms with Crippen molar-refractivity contribution in [3.63, 3.8) is 0 Å². The summed E-state index contributed by atoms with van der Waals surface area (Å²) in [5.74, 6) is -6.10. The molecule has 2 rings (SSSR count). The topological polar surface area (TPSA) is 316 Å². The number of thioether (sulfide) groups is 1. The van der Waals surface area contributed by atoms with Crippen molar-refractivity contribution >= 4 is 59.3 Å². The Morgan fingerprint density at radius 1 is 0.615 bits per heavy atom. The summed E-state index contributed by atoms with van der Waals surface area (Å²) in [5.41, 5.74) is 8.35. The zero-order valence-corrected chi connectivity index (χ0v) is 38.4. The largest absolute Gasteiger partial charge is 0.463 e. The molecule has 0 spiro atoms. The number of rotatable bonds is 29. The van der Waals surface area contributed by atoms with Crippen molar-refractivity contribution in [1.29, 1.82) is 0 Å². The average molecular weight is 952 g/mol. The number of azide groups is 1. The number of unbranched alkanes of at least 4 members (excludes halogenated alkanes) is 1.